The van der Waals surface area contributed by atoms with E-state index in [9.17, 15) is 10.1 Å². The van der Waals surface area contributed by atoms with Gasteiger partial charge < -0.3 is 5.32 Å². The van der Waals surface area contributed by atoms with Crippen LogP contribution in [0.15, 0.2) is 41.8 Å². The maximum Gasteiger partial charge on any atom is 0.269 e. The average Bonchev–Trinajstić information content (AvgIpc) is 2.98. The fourth-order valence-electron chi connectivity index (χ4n) is 2.10. The van der Waals surface area contributed by atoms with Gasteiger partial charge in [0.15, 0.2) is 0 Å². The molecule has 0 radical (unpaired) electrons. The molecule has 0 saturated carbocycles. The molecule has 0 bridgehead atoms. The number of benzene rings is 1. The number of hydrogen-bond donors (Lipinski definition) is 1. The summed E-state index contributed by atoms with van der Waals surface area (Å²) in [6.07, 6.45) is 2.21. The molecule has 20 heavy (non-hydrogen) atoms. The van der Waals surface area contributed by atoms with E-state index in [1.807, 2.05) is 12.1 Å². The van der Waals surface area contributed by atoms with Crippen molar-refractivity contribution in [3.63, 3.8) is 0 Å². The topological polar surface area (TPSA) is 55.2 Å². The molecule has 1 unspecified atom stereocenters. The van der Waals surface area contributed by atoms with Crippen LogP contribution in [0.2, 0.25) is 0 Å². The lowest BCUT2D eigenvalue weighted by Crippen LogP contribution is -2.19. The first-order chi connectivity index (χ1) is 9.70. The predicted octanol–water partition coefficient (Wildman–Crippen LogP) is 4.29. The third kappa shape index (κ3) is 3.88. The van der Waals surface area contributed by atoms with Crippen molar-refractivity contribution in [3.05, 3.63) is 62.3 Å². The molecule has 1 atom stereocenters. The number of thiophene rings is 1. The van der Waals surface area contributed by atoms with E-state index >= 15 is 0 Å². The van der Waals surface area contributed by atoms with Crippen molar-refractivity contribution in [1.29, 1.82) is 0 Å². The number of nitro benzene ring substituents is 1. The second-order valence-corrected chi connectivity index (χ2v) is 5.64. The van der Waals surface area contributed by atoms with Gasteiger partial charge in [0.2, 0.25) is 0 Å². The molecule has 0 aliphatic carbocycles. The first-order valence-electron chi connectivity index (χ1n) is 6.71. The zero-order valence-corrected chi connectivity index (χ0v) is 12.2. The summed E-state index contributed by atoms with van der Waals surface area (Å²) >= 11 is 1.76. The van der Waals surface area contributed by atoms with Crippen molar-refractivity contribution in [3.8, 4) is 0 Å². The smallest absolute Gasteiger partial charge is 0.269 e. The monoisotopic (exact) mass is 290 g/mol. The third-order valence-electron chi connectivity index (χ3n) is 3.16. The maximum absolute atomic E-state index is 10.6. The first kappa shape index (κ1) is 14.7. The quantitative estimate of drug-likeness (QED) is 0.611. The number of rotatable bonds is 7. The molecule has 1 aromatic heterocycles. The van der Waals surface area contributed by atoms with Crippen LogP contribution in [0.1, 0.15) is 36.2 Å². The minimum absolute atomic E-state index is 0.136. The summed E-state index contributed by atoms with van der Waals surface area (Å²) < 4.78 is 0. The van der Waals surface area contributed by atoms with Crippen LogP contribution in [0.5, 0.6) is 0 Å². The predicted molar refractivity (Wildman–Crippen MR) is 81.9 cm³/mol. The number of nitrogens with one attached hydrogen (secondary N) is 1. The van der Waals surface area contributed by atoms with Gasteiger partial charge in [0.1, 0.15) is 0 Å². The van der Waals surface area contributed by atoms with Crippen LogP contribution in [-0.4, -0.2) is 4.92 Å². The van der Waals surface area contributed by atoms with Crippen LogP contribution in [0, 0.1) is 10.1 Å². The summed E-state index contributed by atoms with van der Waals surface area (Å²) in [5.74, 6) is 0. The molecule has 5 heteroatoms. The van der Waals surface area contributed by atoms with E-state index < -0.39 is 0 Å². The van der Waals surface area contributed by atoms with E-state index in [-0.39, 0.29) is 10.6 Å². The Hall–Kier alpha value is -1.72. The highest BCUT2D eigenvalue weighted by atomic mass is 32.1. The highest BCUT2D eigenvalue weighted by Gasteiger charge is 2.11. The SMILES string of the molecule is CCCC(NCc1ccc([N+](=O)[O-])cc1)c1cccs1. The van der Waals surface area contributed by atoms with E-state index in [0.29, 0.717) is 6.04 Å². The molecule has 4 nitrogen and oxygen atoms in total. The van der Waals surface area contributed by atoms with Crippen LogP contribution in [-0.2, 0) is 6.54 Å². The molecule has 0 spiro atoms. The fourth-order valence-corrected chi connectivity index (χ4v) is 2.94. The van der Waals surface area contributed by atoms with E-state index in [0.717, 1.165) is 24.9 Å². The minimum atomic E-state index is -0.372. The van der Waals surface area contributed by atoms with Crippen molar-refractivity contribution in [2.45, 2.75) is 32.4 Å². The molecule has 2 aromatic rings. The second-order valence-electron chi connectivity index (χ2n) is 4.66. The number of nitrogens with zero attached hydrogens (tertiary/aromatic N) is 1. The van der Waals surface area contributed by atoms with Crippen LogP contribution in [0.25, 0.3) is 0 Å². The number of non-ortho nitro benzene ring substituents is 1. The van der Waals surface area contributed by atoms with Crippen LogP contribution in [0.4, 0.5) is 5.69 Å². The van der Waals surface area contributed by atoms with Gasteiger partial charge >= 0.3 is 0 Å². The van der Waals surface area contributed by atoms with Gasteiger partial charge in [0.25, 0.3) is 5.69 Å². The second kappa shape index (κ2) is 7.17. The molecule has 0 amide bonds. The largest absolute Gasteiger partial charge is 0.305 e. The average molecular weight is 290 g/mol. The number of nitro groups is 1. The van der Waals surface area contributed by atoms with Crippen molar-refractivity contribution in [2.75, 3.05) is 0 Å². The molecule has 0 saturated heterocycles. The molecule has 106 valence electrons. The van der Waals surface area contributed by atoms with Gasteiger partial charge in [-0.2, -0.15) is 0 Å². The van der Waals surface area contributed by atoms with Gasteiger partial charge in [-0.05, 0) is 23.4 Å². The van der Waals surface area contributed by atoms with Gasteiger partial charge in [-0.3, -0.25) is 10.1 Å². The molecule has 2 rings (SSSR count). The number of hydrogen-bond acceptors (Lipinski definition) is 4. The molecule has 0 aliphatic heterocycles. The summed E-state index contributed by atoms with van der Waals surface area (Å²) in [6, 6.07) is 11.3. The maximum atomic E-state index is 10.6. The Labute approximate surface area is 122 Å². The zero-order valence-electron chi connectivity index (χ0n) is 11.4. The Morgan fingerprint density at radius 1 is 1.30 bits per heavy atom. The van der Waals surface area contributed by atoms with Gasteiger partial charge in [-0.15, -0.1) is 11.3 Å². The van der Waals surface area contributed by atoms with Crippen molar-refractivity contribution >= 4 is 17.0 Å². The van der Waals surface area contributed by atoms with Crippen molar-refractivity contribution in [1.82, 2.24) is 5.32 Å². The van der Waals surface area contributed by atoms with Crippen molar-refractivity contribution in [2.24, 2.45) is 0 Å². The standard InChI is InChI=1S/C15H18N2O2S/c1-2-4-14(15-5-3-10-20-15)16-11-12-6-8-13(9-7-12)17(18)19/h3,5-10,14,16H,2,4,11H2,1H3. The van der Waals surface area contributed by atoms with Crippen LogP contribution in [0.3, 0.4) is 0 Å². The lowest BCUT2D eigenvalue weighted by atomic mass is 10.1. The van der Waals surface area contributed by atoms with Gasteiger partial charge in [-0.1, -0.05) is 31.5 Å². The first-order valence-corrected chi connectivity index (χ1v) is 7.58. The Balaban J connectivity index is 1.97. The molecule has 0 aliphatic rings. The van der Waals surface area contributed by atoms with Gasteiger partial charge in [0, 0.05) is 29.6 Å². The van der Waals surface area contributed by atoms with Gasteiger partial charge in [-0.25, -0.2) is 0 Å². The van der Waals surface area contributed by atoms with Crippen LogP contribution >= 0.6 is 11.3 Å². The third-order valence-corrected chi connectivity index (χ3v) is 4.15. The molecule has 1 aromatic carbocycles. The highest BCUT2D eigenvalue weighted by Crippen LogP contribution is 2.23. The molecular weight excluding hydrogens is 272 g/mol. The van der Waals surface area contributed by atoms with Gasteiger partial charge in [0.05, 0.1) is 4.92 Å². The Morgan fingerprint density at radius 2 is 2.05 bits per heavy atom. The molecule has 1 N–H and O–H groups in total. The summed E-state index contributed by atoms with van der Waals surface area (Å²) in [7, 11) is 0. The van der Waals surface area contributed by atoms with E-state index in [2.05, 4.69) is 29.8 Å². The summed E-state index contributed by atoms with van der Waals surface area (Å²) in [5.41, 5.74) is 1.20. The fraction of sp³-hybridized carbons (Fsp3) is 0.333. The molecule has 0 fully saturated rings. The zero-order chi connectivity index (χ0) is 14.4. The summed E-state index contributed by atoms with van der Waals surface area (Å²) in [4.78, 5) is 11.6. The van der Waals surface area contributed by atoms with E-state index in [1.54, 1.807) is 23.5 Å². The van der Waals surface area contributed by atoms with Crippen molar-refractivity contribution < 1.29 is 4.92 Å². The van der Waals surface area contributed by atoms with Crippen LogP contribution < -0.4 is 5.32 Å². The van der Waals surface area contributed by atoms with E-state index in [4.69, 9.17) is 0 Å². The van der Waals surface area contributed by atoms with E-state index in [1.165, 1.54) is 4.88 Å². The Kier molecular flexibility index (Phi) is 5.26. The lowest BCUT2D eigenvalue weighted by molar-refractivity contribution is -0.384. The summed E-state index contributed by atoms with van der Waals surface area (Å²) in [5, 5.41) is 16.2. The molecular formula is C15H18N2O2S. The molecule has 1 heterocycles. The summed E-state index contributed by atoms with van der Waals surface area (Å²) in [6.45, 7) is 2.90. The Bertz CT molecular complexity index is 538. The highest BCUT2D eigenvalue weighted by molar-refractivity contribution is 7.10. The minimum Gasteiger partial charge on any atom is -0.305 e. The lowest BCUT2D eigenvalue weighted by Gasteiger charge is -2.16. The normalized spacial score (nSPS) is 12.2. The Morgan fingerprint density at radius 3 is 2.60 bits per heavy atom.